The zero-order chi connectivity index (χ0) is 34.0. The molecule has 0 bridgehead atoms. The molecule has 0 saturated heterocycles. The Morgan fingerprint density at radius 3 is 1.43 bits per heavy atom. The Labute approximate surface area is 299 Å². The third-order valence-electron chi connectivity index (χ3n) is 9.86. The minimum atomic E-state index is 1.09. The van der Waals surface area contributed by atoms with Crippen molar-refractivity contribution in [2.24, 2.45) is 0 Å². The summed E-state index contributed by atoms with van der Waals surface area (Å²) in [6.45, 7) is 0. The van der Waals surface area contributed by atoms with Crippen molar-refractivity contribution in [3.63, 3.8) is 0 Å². The number of fused-ring (bicyclic) bond motifs is 3. The molecule has 9 aromatic carbocycles. The van der Waals surface area contributed by atoms with Crippen LogP contribution in [0.15, 0.2) is 212 Å². The molecule has 0 aromatic heterocycles. The highest BCUT2D eigenvalue weighted by molar-refractivity contribution is 6.14. The smallest absolute Gasteiger partial charge is 0.0546 e. The first-order chi connectivity index (χ1) is 25.3. The summed E-state index contributed by atoms with van der Waals surface area (Å²) in [6, 6.07) is 76.7. The Morgan fingerprint density at radius 2 is 0.745 bits per heavy atom. The Bertz CT molecular complexity index is 2610. The van der Waals surface area contributed by atoms with E-state index in [9.17, 15) is 0 Å². The van der Waals surface area contributed by atoms with E-state index in [-0.39, 0.29) is 0 Å². The van der Waals surface area contributed by atoms with Crippen molar-refractivity contribution < 1.29 is 0 Å². The van der Waals surface area contributed by atoms with Crippen LogP contribution in [0.25, 0.3) is 66.1 Å². The number of hydrogen-bond acceptors (Lipinski definition) is 1. The monoisotopic (exact) mass is 649 g/mol. The number of rotatable bonds is 7. The second-order valence-corrected chi connectivity index (χ2v) is 12.9. The van der Waals surface area contributed by atoms with Crippen molar-refractivity contribution in [2.45, 2.75) is 0 Å². The average Bonchev–Trinajstić information content (AvgIpc) is 3.22. The topological polar surface area (TPSA) is 3.24 Å². The van der Waals surface area contributed by atoms with E-state index in [1.54, 1.807) is 0 Å². The summed E-state index contributed by atoms with van der Waals surface area (Å²) >= 11 is 0. The second kappa shape index (κ2) is 13.3. The van der Waals surface area contributed by atoms with E-state index in [4.69, 9.17) is 0 Å². The number of benzene rings is 9. The third-order valence-corrected chi connectivity index (χ3v) is 9.86. The highest BCUT2D eigenvalue weighted by atomic mass is 15.1. The molecule has 0 aliphatic carbocycles. The van der Waals surface area contributed by atoms with Gasteiger partial charge in [0.25, 0.3) is 0 Å². The number of hydrogen-bond donors (Lipinski definition) is 0. The summed E-state index contributed by atoms with van der Waals surface area (Å²) in [6.07, 6.45) is 0. The maximum absolute atomic E-state index is 2.45. The molecular formula is C50H35N. The van der Waals surface area contributed by atoms with E-state index >= 15 is 0 Å². The van der Waals surface area contributed by atoms with Crippen LogP contribution in [0.2, 0.25) is 0 Å². The van der Waals surface area contributed by atoms with Crippen LogP contribution in [-0.2, 0) is 0 Å². The molecule has 9 rings (SSSR count). The molecule has 1 heteroatoms. The van der Waals surface area contributed by atoms with Crippen molar-refractivity contribution in [3.8, 4) is 44.5 Å². The second-order valence-electron chi connectivity index (χ2n) is 12.9. The summed E-state index contributed by atoms with van der Waals surface area (Å²) in [4.78, 5) is 2.45. The number of nitrogens with zero attached hydrogens (tertiary/aromatic N) is 1. The van der Waals surface area contributed by atoms with Gasteiger partial charge >= 0.3 is 0 Å². The molecule has 9 aromatic rings. The summed E-state index contributed by atoms with van der Waals surface area (Å²) in [7, 11) is 0. The van der Waals surface area contributed by atoms with E-state index in [2.05, 4.69) is 217 Å². The normalized spacial score (nSPS) is 11.1. The predicted octanol–water partition coefficient (Wildman–Crippen LogP) is 14.1. The fourth-order valence-electron chi connectivity index (χ4n) is 7.41. The van der Waals surface area contributed by atoms with Gasteiger partial charge in [-0.25, -0.2) is 0 Å². The summed E-state index contributed by atoms with van der Waals surface area (Å²) in [5.41, 5.74) is 12.8. The van der Waals surface area contributed by atoms with E-state index in [0.717, 1.165) is 17.1 Å². The molecule has 240 valence electrons. The zero-order valence-corrected chi connectivity index (χ0v) is 28.2. The molecule has 0 spiro atoms. The molecule has 0 unspecified atom stereocenters. The van der Waals surface area contributed by atoms with Gasteiger partial charge in [0.05, 0.1) is 11.4 Å². The molecular weight excluding hydrogens is 615 g/mol. The molecule has 0 fully saturated rings. The van der Waals surface area contributed by atoms with Gasteiger partial charge in [0.2, 0.25) is 0 Å². The molecule has 0 aliphatic rings. The molecule has 0 N–H and O–H groups in total. The predicted molar refractivity (Wildman–Crippen MR) is 218 cm³/mol. The quantitative estimate of drug-likeness (QED) is 0.155. The SMILES string of the molecule is c1ccc(-c2ccc(N(c3ccccc3-c3ccccc3)c3cc(-c4cc5ccccc5c5ccccc45)ccc3-c3ccccc3)cc2)cc1. The van der Waals surface area contributed by atoms with Gasteiger partial charge in [-0.05, 0) is 85.3 Å². The Kier molecular flexibility index (Phi) is 7.92. The molecule has 0 atom stereocenters. The maximum Gasteiger partial charge on any atom is 0.0546 e. The first kappa shape index (κ1) is 30.4. The van der Waals surface area contributed by atoms with Crippen LogP contribution in [0.5, 0.6) is 0 Å². The van der Waals surface area contributed by atoms with E-state index in [1.807, 2.05) is 0 Å². The average molecular weight is 650 g/mol. The fourth-order valence-corrected chi connectivity index (χ4v) is 7.41. The van der Waals surface area contributed by atoms with Crippen molar-refractivity contribution in [3.05, 3.63) is 212 Å². The van der Waals surface area contributed by atoms with Gasteiger partial charge in [0.15, 0.2) is 0 Å². The first-order valence-electron chi connectivity index (χ1n) is 17.5. The van der Waals surface area contributed by atoms with Crippen molar-refractivity contribution in [1.82, 2.24) is 0 Å². The molecule has 0 saturated carbocycles. The largest absolute Gasteiger partial charge is 0.309 e. The van der Waals surface area contributed by atoms with Gasteiger partial charge in [-0.2, -0.15) is 0 Å². The molecule has 51 heavy (non-hydrogen) atoms. The van der Waals surface area contributed by atoms with Gasteiger partial charge in [-0.3, -0.25) is 0 Å². The standard InChI is InChI=1S/C50H35N/c1-4-16-36(17-5-1)37-28-31-42(32-29-37)51(49-27-15-14-24-44(49)38-18-6-2-7-19-38)50-35-41(30-33-45(50)39-20-8-3-9-21-39)48-34-40-22-10-11-23-43(40)46-25-12-13-26-47(46)48/h1-35H. The van der Waals surface area contributed by atoms with Crippen LogP contribution in [0.3, 0.4) is 0 Å². The van der Waals surface area contributed by atoms with Crippen molar-refractivity contribution >= 4 is 38.6 Å². The van der Waals surface area contributed by atoms with Crippen LogP contribution < -0.4 is 4.90 Å². The van der Waals surface area contributed by atoms with Crippen molar-refractivity contribution in [2.75, 3.05) is 4.90 Å². The van der Waals surface area contributed by atoms with E-state index in [0.29, 0.717) is 0 Å². The van der Waals surface area contributed by atoms with Crippen LogP contribution in [0.4, 0.5) is 17.1 Å². The van der Waals surface area contributed by atoms with E-state index < -0.39 is 0 Å². The highest BCUT2D eigenvalue weighted by Gasteiger charge is 2.22. The summed E-state index contributed by atoms with van der Waals surface area (Å²) in [5, 5.41) is 5.03. The van der Waals surface area contributed by atoms with E-state index in [1.165, 1.54) is 66.1 Å². The Balaban J connectivity index is 1.33. The Morgan fingerprint density at radius 1 is 0.255 bits per heavy atom. The highest BCUT2D eigenvalue weighted by Crippen LogP contribution is 2.47. The summed E-state index contributed by atoms with van der Waals surface area (Å²) < 4.78 is 0. The Hall–Kier alpha value is -6.70. The van der Waals surface area contributed by atoms with Crippen LogP contribution in [0.1, 0.15) is 0 Å². The van der Waals surface area contributed by atoms with Crippen LogP contribution in [0, 0.1) is 0 Å². The van der Waals surface area contributed by atoms with Crippen LogP contribution >= 0.6 is 0 Å². The fraction of sp³-hybridized carbons (Fsp3) is 0. The lowest BCUT2D eigenvalue weighted by Crippen LogP contribution is -2.12. The van der Waals surface area contributed by atoms with Crippen LogP contribution in [-0.4, -0.2) is 0 Å². The maximum atomic E-state index is 2.45. The minimum Gasteiger partial charge on any atom is -0.309 e. The molecule has 1 nitrogen and oxygen atoms in total. The van der Waals surface area contributed by atoms with Gasteiger partial charge in [0.1, 0.15) is 0 Å². The lowest BCUT2D eigenvalue weighted by Gasteiger charge is -2.30. The third kappa shape index (κ3) is 5.75. The molecule has 0 aliphatic heterocycles. The lowest BCUT2D eigenvalue weighted by atomic mass is 9.91. The van der Waals surface area contributed by atoms with Gasteiger partial charge < -0.3 is 4.90 Å². The summed E-state index contributed by atoms with van der Waals surface area (Å²) in [5.74, 6) is 0. The molecule has 0 amide bonds. The minimum absolute atomic E-state index is 1.09. The first-order valence-corrected chi connectivity index (χ1v) is 17.5. The molecule has 0 heterocycles. The van der Waals surface area contributed by atoms with Gasteiger partial charge in [0, 0.05) is 16.8 Å². The van der Waals surface area contributed by atoms with Gasteiger partial charge in [-0.15, -0.1) is 0 Å². The van der Waals surface area contributed by atoms with Gasteiger partial charge in [-0.1, -0.05) is 182 Å². The van der Waals surface area contributed by atoms with Crippen molar-refractivity contribution in [1.29, 1.82) is 0 Å². The number of para-hydroxylation sites is 1. The lowest BCUT2D eigenvalue weighted by molar-refractivity contribution is 1.28. The number of anilines is 3. The molecule has 0 radical (unpaired) electrons. The zero-order valence-electron chi connectivity index (χ0n) is 28.2.